The van der Waals surface area contributed by atoms with Gasteiger partial charge in [-0.25, -0.2) is 4.39 Å². The van der Waals surface area contributed by atoms with Gasteiger partial charge in [0.1, 0.15) is 5.82 Å². The first kappa shape index (κ1) is 16.5. The van der Waals surface area contributed by atoms with Gasteiger partial charge in [-0.15, -0.1) is 0 Å². The minimum absolute atomic E-state index is 0.147. The molecule has 1 N–H and O–H groups in total. The van der Waals surface area contributed by atoms with Crippen LogP contribution in [0, 0.1) is 11.7 Å². The van der Waals surface area contributed by atoms with Crippen molar-refractivity contribution in [3.8, 4) is 0 Å². The van der Waals surface area contributed by atoms with Gasteiger partial charge in [0.05, 0.1) is 0 Å². The monoisotopic (exact) mass is 283 g/mol. The molecule has 1 rings (SSSR count). The van der Waals surface area contributed by atoms with E-state index in [4.69, 9.17) is 0 Å². The Kier molecular flexibility index (Phi) is 8.93. The fourth-order valence-corrected chi connectivity index (χ4v) is 2.86. The fraction of sp³-hybridized carbons (Fsp3) is 0.625. The van der Waals surface area contributed by atoms with Crippen LogP contribution in [0.5, 0.6) is 0 Å². The summed E-state index contributed by atoms with van der Waals surface area (Å²) in [7, 11) is 0. The topological polar surface area (TPSA) is 12.0 Å². The van der Waals surface area contributed by atoms with Gasteiger partial charge in [0.25, 0.3) is 0 Å². The number of benzene rings is 1. The molecule has 0 spiro atoms. The first-order valence-corrected chi connectivity index (χ1v) is 8.44. The molecule has 1 atom stereocenters. The van der Waals surface area contributed by atoms with Crippen LogP contribution < -0.4 is 5.32 Å². The summed E-state index contributed by atoms with van der Waals surface area (Å²) in [4.78, 5) is 0. The van der Waals surface area contributed by atoms with Gasteiger partial charge >= 0.3 is 0 Å². The summed E-state index contributed by atoms with van der Waals surface area (Å²) in [5.74, 6) is 2.97. The first-order chi connectivity index (χ1) is 9.26. The molecule has 0 aliphatic heterocycles. The van der Waals surface area contributed by atoms with Crippen LogP contribution in [0.1, 0.15) is 32.3 Å². The van der Waals surface area contributed by atoms with Gasteiger partial charge in [-0.3, -0.25) is 0 Å². The maximum Gasteiger partial charge on any atom is 0.123 e. The summed E-state index contributed by atoms with van der Waals surface area (Å²) in [6.45, 7) is 6.43. The lowest BCUT2D eigenvalue weighted by Gasteiger charge is -2.17. The molecule has 1 aromatic carbocycles. The average molecular weight is 283 g/mol. The van der Waals surface area contributed by atoms with Gasteiger partial charge in [0, 0.05) is 0 Å². The molecule has 3 heteroatoms. The van der Waals surface area contributed by atoms with Crippen LogP contribution in [-0.4, -0.2) is 24.6 Å². The van der Waals surface area contributed by atoms with Crippen LogP contribution in [-0.2, 0) is 6.42 Å². The van der Waals surface area contributed by atoms with E-state index < -0.39 is 0 Å². The largest absolute Gasteiger partial charge is 0.317 e. The molecule has 19 heavy (non-hydrogen) atoms. The maximum atomic E-state index is 12.9. The lowest BCUT2D eigenvalue weighted by atomic mass is 9.95. The van der Waals surface area contributed by atoms with Gasteiger partial charge in [0.2, 0.25) is 0 Å². The molecule has 0 aliphatic carbocycles. The SMILES string of the molecule is CCNCC(CCCSCC)Cc1ccc(F)cc1. The summed E-state index contributed by atoms with van der Waals surface area (Å²) in [6.07, 6.45) is 3.57. The molecule has 1 nitrogen and oxygen atoms in total. The van der Waals surface area contributed by atoms with Crippen molar-refractivity contribution in [2.45, 2.75) is 33.1 Å². The third-order valence-electron chi connectivity index (χ3n) is 3.23. The van der Waals surface area contributed by atoms with Crippen molar-refractivity contribution in [1.82, 2.24) is 5.32 Å². The quantitative estimate of drug-likeness (QED) is 0.648. The Balaban J connectivity index is 2.41. The minimum atomic E-state index is -0.147. The number of hydrogen-bond donors (Lipinski definition) is 1. The highest BCUT2D eigenvalue weighted by atomic mass is 32.2. The molecule has 0 amide bonds. The fourth-order valence-electron chi connectivity index (χ4n) is 2.20. The highest BCUT2D eigenvalue weighted by Crippen LogP contribution is 2.16. The third kappa shape index (κ3) is 7.58. The Bertz CT molecular complexity index is 326. The molecule has 0 saturated carbocycles. The van der Waals surface area contributed by atoms with E-state index in [0.29, 0.717) is 5.92 Å². The zero-order chi connectivity index (χ0) is 13.9. The van der Waals surface area contributed by atoms with E-state index >= 15 is 0 Å². The van der Waals surface area contributed by atoms with Gasteiger partial charge in [-0.2, -0.15) is 11.8 Å². The molecule has 0 aliphatic rings. The van der Waals surface area contributed by atoms with Crippen molar-refractivity contribution in [1.29, 1.82) is 0 Å². The summed E-state index contributed by atoms with van der Waals surface area (Å²) >= 11 is 2.01. The van der Waals surface area contributed by atoms with Crippen LogP contribution in [0.4, 0.5) is 4.39 Å². The molecule has 0 radical (unpaired) electrons. The molecule has 0 heterocycles. The Labute approximate surface area is 121 Å². The predicted molar refractivity (Wildman–Crippen MR) is 84.4 cm³/mol. The van der Waals surface area contributed by atoms with E-state index in [9.17, 15) is 4.39 Å². The molecule has 0 aromatic heterocycles. The Hall–Kier alpha value is -0.540. The van der Waals surface area contributed by atoms with E-state index in [1.54, 1.807) is 12.1 Å². The van der Waals surface area contributed by atoms with Crippen LogP contribution in [0.2, 0.25) is 0 Å². The third-order valence-corrected chi connectivity index (χ3v) is 4.21. The number of thioether (sulfide) groups is 1. The van der Waals surface area contributed by atoms with Gasteiger partial charge in [-0.05, 0) is 67.5 Å². The molecule has 0 fully saturated rings. The number of rotatable bonds is 10. The molecular formula is C16H26FNS. The van der Waals surface area contributed by atoms with E-state index in [1.807, 2.05) is 23.9 Å². The number of nitrogens with one attached hydrogen (secondary N) is 1. The van der Waals surface area contributed by atoms with Crippen molar-refractivity contribution in [3.05, 3.63) is 35.6 Å². The van der Waals surface area contributed by atoms with Crippen molar-refractivity contribution in [2.24, 2.45) is 5.92 Å². The Morgan fingerprint density at radius 1 is 1.21 bits per heavy atom. The van der Waals surface area contributed by atoms with Crippen LogP contribution in [0.15, 0.2) is 24.3 Å². The normalized spacial score (nSPS) is 12.6. The lowest BCUT2D eigenvalue weighted by Crippen LogP contribution is -2.24. The van der Waals surface area contributed by atoms with E-state index in [0.717, 1.165) is 19.5 Å². The average Bonchev–Trinajstić information content (AvgIpc) is 2.43. The van der Waals surface area contributed by atoms with E-state index in [-0.39, 0.29) is 5.82 Å². The number of halogens is 1. The highest BCUT2D eigenvalue weighted by molar-refractivity contribution is 7.99. The summed E-state index contributed by atoms with van der Waals surface area (Å²) in [5, 5.41) is 3.44. The van der Waals surface area contributed by atoms with Crippen LogP contribution in [0.3, 0.4) is 0 Å². The molecule has 1 aromatic rings. The Morgan fingerprint density at radius 3 is 2.58 bits per heavy atom. The molecule has 0 saturated heterocycles. The van der Waals surface area contributed by atoms with E-state index in [1.165, 1.54) is 29.9 Å². The second-order valence-corrected chi connectivity index (χ2v) is 6.24. The van der Waals surface area contributed by atoms with Gasteiger partial charge < -0.3 is 5.32 Å². The molecule has 0 bridgehead atoms. The van der Waals surface area contributed by atoms with Crippen molar-refractivity contribution in [2.75, 3.05) is 24.6 Å². The summed E-state index contributed by atoms with van der Waals surface area (Å²) in [6, 6.07) is 6.95. The van der Waals surface area contributed by atoms with Crippen molar-refractivity contribution < 1.29 is 4.39 Å². The van der Waals surface area contributed by atoms with E-state index in [2.05, 4.69) is 19.2 Å². The molecular weight excluding hydrogens is 257 g/mol. The van der Waals surface area contributed by atoms with Crippen LogP contribution in [0.25, 0.3) is 0 Å². The highest BCUT2D eigenvalue weighted by Gasteiger charge is 2.09. The maximum absolute atomic E-state index is 12.9. The zero-order valence-corrected chi connectivity index (χ0v) is 12.9. The van der Waals surface area contributed by atoms with Crippen molar-refractivity contribution >= 4 is 11.8 Å². The zero-order valence-electron chi connectivity index (χ0n) is 12.1. The second kappa shape index (κ2) is 10.3. The summed E-state index contributed by atoms with van der Waals surface area (Å²) < 4.78 is 12.9. The molecule has 1 unspecified atom stereocenters. The first-order valence-electron chi connectivity index (χ1n) is 7.29. The van der Waals surface area contributed by atoms with Crippen LogP contribution >= 0.6 is 11.8 Å². The van der Waals surface area contributed by atoms with Gasteiger partial charge in [-0.1, -0.05) is 26.0 Å². The number of hydrogen-bond acceptors (Lipinski definition) is 2. The second-order valence-electron chi connectivity index (χ2n) is 4.84. The standard InChI is InChI=1S/C16H26FNS/c1-3-18-13-15(6-5-11-19-4-2)12-14-7-9-16(17)10-8-14/h7-10,15,18H,3-6,11-13H2,1-2H3. The van der Waals surface area contributed by atoms with Crippen molar-refractivity contribution in [3.63, 3.8) is 0 Å². The smallest absolute Gasteiger partial charge is 0.123 e. The summed E-state index contributed by atoms with van der Waals surface area (Å²) in [5.41, 5.74) is 1.24. The van der Waals surface area contributed by atoms with Gasteiger partial charge in [0.15, 0.2) is 0 Å². The lowest BCUT2D eigenvalue weighted by molar-refractivity contribution is 0.445. The Morgan fingerprint density at radius 2 is 1.95 bits per heavy atom. The molecule has 108 valence electrons. The minimum Gasteiger partial charge on any atom is -0.317 e. The predicted octanol–water partition coefficient (Wildman–Crippen LogP) is 4.13.